The Bertz CT molecular complexity index is 449. The Balaban J connectivity index is 2.04. The summed E-state index contributed by atoms with van der Waals surface area (Å²) in [4.78, 5) is 0. The molecule has 0 spiro atoms. The van der Waals surface area contributed by atoms with Crippen molar-refractivity contribution in [2.75, 3.05) is 7.11 Å². The van der Waals surface area contributed by atoms with Crippen LogP contribution in [0, 0.1) is 5.82 Å². The van der Waals surface area contributed by atoms with E-state index >= 15 is 0 Å². The molecule has 2 rings (SSSR count). The SMILES string of the molecule is COc1ccc(F)cc1C(C)NC(=S)NC1CC1. The van der Waals surface area contributed by atoms with E-state index in [4.69, 9.17) is 17.0 Å². The molecular formula is C13H17FN2OS. The Morgan fingerprint density at radius 3 is 2.83 bits per heavy atom. The average Bonchev–Trinajstić information content (AvgIpc) is 3.12. The van der Waals surface area contributed by atoms with Gasteiger partial charge in [-0.3, -0.25) is 0 Å². The van der Waals surface area contributed by atoms with Crippen molar-refractivity contribution in [3.63, 3.8) is 0 Å². The summed E-state index contributed by atoms with van der Waals surface area (Å²) in [5, 5.41) is 6.94. The lowest BCUT2D eigenvalue weighted by Gasteiger charge is -2.19. The summed E-state index contributed by atoms with van der Waals surface area (Å²) < 4.78 is 18.5. The maximum atomic E-state index is 13.3. The number of ether oxygens (including phenoxy) is 1. The lowest BCUT2D eigenvalue weighted by Crippen LogP contribution is -2.38. The first kappa shape index (κ1) is 13.1. The van der Waals surface area contributed by atoms with E-state index in [-0.39, 0.29) is 11.9 Å². The van der Waals surface area contributed by atoms with Crippen LogP contribution in [-0.2, 0) is 0 Å². The first-order valence-electron chi connectivity index (χ1n) is 6.00. The van der Waals surface area contributed by atoms with E-state index in [2.05, 4.69) is 10.6 Å². The van der Waals surface area contributed by atoms with Crippen LogP contribution in [0.2, 0.25) is 0 Å². The van der Waals surface area contributed by atoms with Crippen molar-refractivity contribution >= 4 is 17.3 Å². The highest BCUT2D eigenvalue weighted by atomic mass is 32.1. The molecule has 1 aromatic carbocycles. The number of halogens is 1. The Morgan fingerprint density at radius 1 is 1.50 bits per heavy atom. The normalized spacial score (nSPS) is 15.9. The molecule has 0 saturated heterocycles. The third-order valence-electron chi connectivity index (χ3n) is 2.92. The summed E-state index contributed by atoms with van der Waals surface area (Å²) in [6, 6.07) is 4.88. The van der Waals surface area contributed by atoms with Crippen LogP contribution >= 0.6 is 12.2 Å². The highest BCUT2D eigenvalue weighted by Crippen LogP contribution is 2.26. The van der Waals surface area contributed by atoms with Gasteiger partial charge >= 0.3 is 0 Å². The van der Waals surface area contributed by atoms with E-state index in [0.717, 1.165) is 5.56 Å². The number of nitrogens with one attached hydrogen (secondary N) is 2. The van der Waals surface area contributed by atoms with Crippen LogP contribution in [0.15, 0.2) is 18.2 Å². The van der Waals surface area contributed by atoms with E-state index in [9.17, 15) is 4.39 Å². The topological polar surface area (TPSA) is 33.3 Å². The van der Waals surface area contributed by atoms with Gasteiger partial charge in [0.05, 0.1) is 13.2 Å². The zero-order valence-corrected chi connectivity index (χ0v) is 11.3. The lowest BCUT2D eigenvalue weighted by atomic mass is 10.1. The number of rotatable bonds is 4. The molecule has 1 fully saturated rings. The Morgan fingerprint density at radius 2 is 2.22 bits per heavy atom. The molecule has 1 saturated carbocycles. The van der Waals surface area contributed by atoms with Crippen molar-refractivity contribution in [3.05, 3.63) is 29.6 Å². The molecule has 1 aromatic rings. The molecule has 3 nitrogen and oxygen atoms in total. The second kappa shape index (κ2) is 5.52. The van der Waals surface area contributed by atoms with Crippen LogP contribution in [0.5, 0.6) is 5.75 Å². The monoisotopic (exact) mass is 268 g/mol. The van der Waals surface area contributed by atoms with E-state index in [1.165, 1.54) is 25.0 Å². The van der Waals surface area contributed by atoms with Gasteiger partial charge in [0.1, 0.15) is 11.6 Å². The minimum absolute atomic E-state index is 0.102. The molecule has 1 aliphatic carbocycles. The largest absolute Gasteiger partial charge is 0.496 e. The zero-order valence-electron chi connectivity index (χ0n) is 10.5. The van der Waals surface area contributed by atoms with Crippen LogP contribution < -0.4 is 15.4 Å². The van der Waals surface area contributed by atoms with Gasteiger partial charge in [-0.25, -0.2) is 4.39 Å². The quantitative estimate of drug-likeness (QED) is 0.822. The molecule has 2 N–H and O–H groups in total. The van der Waals surface area contributed by atoms with Gasteiger partial charge in [-0.1, -0.05) is 0 Å². The minimum atomic E-state index is -0.277. The van der Waals surface area contributed by atoms with Gasteiger partial charge in [0.25, 0.3) is 0 Å². The van der Waals surface area contributed by atoms with Gasteiger partial charge < -0.3 is 15.4 Å². The number of hydrogen-bond donors (Lipinski definition) is 2. The summed E-state index contributed by atoms with van der Waals surface area (Å²) in [6.07, 6.45) is 2.33. The third kappa shape index (κ3) is 3.32. The average molecular weight is 268 g/mol. The van der Waals surface area contributed by atoms with E-state index in [1.807, 2.05) is 6.92 Å². The number of hydrogen-bond acceptors (Lipinski definition) is 2. The Labute approximate surface area is 112 Å². The second-order valence-corrected chi connectivity index (χ2v) is 4.91. The van der Waals surface area contributed by atoms with Gasteiger partial charge in [0, 0.05) is 11.6 Å². The van der Waals surface area contributed by atoms with E-state index < -0.39 is 0 Å². The fraction of sp³-hybridized carbons (Fsp3) is 0.462. The first-order valence-corrected chi connectivity index (χ1v) is 6.41. The third-order valence-corrected chi connectivity index (χ3v) is 3.15. The molecule has 0 heterocycles. The van der Waals surface area contributed by atoms with Crippen LogP contribution in [-0.4, -0.2) is 18.3 Å². The lowest BCUT2D eigenvalue weighted by molar-refractivity contribution is 0.403. The Hall–Kier alpha value is -1.36. The number of thiocarbonyl (C=S) groups is 1. The van der Waals surface area contributed by atoms with E-state index in [1.54, 1.807) is 13.2 Å². The van der Waals surface area contributed by atoms with Gasteiger partial charge in [-0.15, -0.1) is 0 Å². The summed E-state index contributed by atoms with van der Waals surface area (Å²) in [7, 11) is 1.57. The van der Waals surface area contributed by atoms with Crippen molar-refractivity contribution in [1.82, 2.24) is 10.6 Å². The van der Waals surface area contributed by atoms with Crippen LogP contribution in [0.1, 0.15) is 31.4 Å². The number of benzene rings is 1. The molecular weight excluding hydrogens is 251 g/mol. The standard InChI is InChI=1S/C13H17FN2OS/c1-8(15-13(18)16-10-4-5-10)11-7-9(14)3-6-12(11)17-2/h3,6-8,10H,4-5H2,1-2H3,(H2,15,16,18). The summed E-state index contributed by atoms with van der Waals surface area (Å²) in [6.45, 7) is 1.93. The van der Waals surface area contributed by atoms with Gasteiger partial charge in [0.2, 0.25) is 0 Å². The fourth-order valence-electron chi connectivity index (χ4n) is 1.77. The van der Waals surface area contributed by atoms with Crippen LogP contribution in [0.4, 0.5) is 4.39 Å². The van der Waals surface area contributed by atoms with Crippen molar-refractivity contribution in [1.29, 1.82) is 0 Å². The molecule has 1 aliphatic rings. The minimum Gasteiger partial charge on any atom is -0.496 e. The van der Waals surface area contributed by atoms with Crippen molar-refractivity contribution in [3.8, 4) is 5.75 Å². The maximum absolute atomic E-state index is 13.3. The molecule has 0 aromatic heterocycles. The zero-order chi connectivity index (χ0) is 13.1. The van der Waals surface area contributed by atoms with Gasteiger partial charge in [0.15, 0.2) is 5.11 Å². The molecule has 0 bridgehead atoms. The number of methoxy groups -OCH3 is 1. The van der Waals surface area contributed by atoms with Crippen molar-refractivity contribution in [2.24, 2.45) is 0 Å². The molecule has 1 atom stereocenters. The molecule has 5 heteroatoms. The first-order chi connectivity index (χ1) is 8.60. The molecule has 18 heavy (non-hydrogen) atoms. The second-order valence-electron chi connectivity index (χ2n) is 4.50. The van der Waals surface area contributed by atoms with Crippen LogP contribution in [0.3, 0.4) is 0 Å². The predicted octanol–water partition coefficient (Wildman–Crippen LogP) is 2.52. The maximum Gasteiger partial charge on any atom is 0.166 e. The summed E-state index contributed by atoms with van der Waals surface area (Å²) in [5.41, 5.74) is 0.762. The van der Waals surface area contributed by atoms with Gasteiger partial charge in [-0.05, 0) is 50.2 Å². The summed E-state index contributed by atoms with van der Waals surface area (Å²) in [5.74, 6) is 0.381. The van der Waals surface area contributed by atoms with E-state index in [0.29, 0.717) is 16.9 Å². The molecule has 0 amide bonds. The Kier molecular flexibility index (Phi) is 4.01. The molecule has 0 aliphatic heterocycles. The highest BCUT2D eigenvalue weighted by molar-refractivity contribution is 7.80. The van der Waals surface area contributed by atoms with Crippen molar-refractivity contribution < 1.29 is 9.13 Å². The predicted molar refractivity (Wildman–Crippen MR) is 73.3 cm³/mol. The molecule has 98 valence electrons. The summed E-state index contributed by atoms with van der Waals surface area (Å²) >= 11 is 5.20. The fourth-order valence-corrected chi connectivity index (χ4v) is 2.12. The van der Waals surface area contributed by atoms with Crippen LogP contribution in [0.25, 0.3) is 0 Å². The highest BCUT2D eigenvalue weighted by Gasteiger charge is 2.22. The van der Waals surface area contributed by atoms with Gasteiger partial charge in [-0.2, -0.15) is 0 Å². The molecule has 1 unspecified atom stereocenters. The molecule has 0 radical (unpaired) electrons. The smallest absolute Gasteiger partial charge is 0.166 e. The van der Waals surface area contributed by atoms with Crippen molar-refractivity contribution in [2.45, 2.75) is 31.8 Å².